The van der Waals surface area contributed by atoms with Gasteiger partial charge in [-0.2, -0.15) is 0 Å². The van der Waals surface area contributed by atoms with Crippen molar-refractivity contribution in [1.82, 2.24) is 0 Å². The molecule has 0 amide bonds. The Morgan fingerprint density at radius 1 is 1.80 bits per heavy atom. The van der Waals surface area contributed by atoms with Crippen LogP contribution in [0, 0.1) is 4.91 Å². The highest BCUT2D eigenvalue weighted by Gasteiger charge is 2.17. The number of nitrogens with zero attached hydrogens (tertiary/aromatic N) is 1. The zero-order valence-electron chi connectivity index (χ0n) is 5.53. The maximum Gasteiger partial charge on any atom is 0.332 e. The van der Waals surface area contributed by atoms with E-state index in [-0.39, 0.29) is 11.8 Å². The summed E-state index contributed by atoms with van der Waals surface area (Å²) in [6, 6.07) is 0. The predicted molar refractivity (Wildman–Crippen MR) is 34.0 cm³/mol. The summed E-state index contributed by atoms with van der Waals surface area (Å²) in [7, 11) is 0. The van der Waals surface area contributed by atoms with E-state index in [1.165, 1.54) is 0 Å². The first-order chi connectivity index (χ1) is 4.72. The van der Waals surface area contributed by atoms with Crippen molar-refractivity contribution >= 4 is 5.97 Å². The average molecular weight is 141 g/mol. The summed E-state index contributed by atoms with van der Waals surface area (Å²) in [6.45, 7) is 1.72. The van der Waals surface area contributed by atoms with Gasteiger partial charge in [0.25, 0.3) is 0 Å². The van der Waals surface area contributed by atoms with E-state index >= 15 is 0 Å². The summed E-state index contributed by atoms with van der Waals surface area (Å²) in [4.78, 5) is 20.5. The van der Waals surface area contributed by atoms with Gasteiger partial charge in [0.05, 0.1) is 5.70 Å². The molecule has 0 aromatic heterocycles. The second-order valence-electron chi connectivity index (χ2n) is 2.18. The Morgan fingerprint density at radius 3 is 3.00 bits per heavy atom. The summed E-state index contributed by atoms with van der Waals surface area (Å²) in [6.07, 6.45) is 1.33. The molecule has 1 atom stereocenters. The number of carbonyl (C=O) groups is 1. The third kappa shape index (κ3) is 1.40. The third-order valence-electron chi connectivity index (χ3n) is 1.22. The standard InChI is InChI=1S/C6H7NO3/c1-4-2-5(7-9)3-6(8)10-4/h3-4H,2H2,1H3. The predicted octanol–water partition coefficient (Wildman–Crippen LogP) is 0.972. The van der Waals surface area contributed by atoms with Crippen LogP contribution in [0.3, 0.4) is 0 Å². The topological polar surface area (TPSA) is 55.7 Å². The zero-order valence-corrected chi connectivity index (χ0v) is 5.53. The number of hydrogen-bond acceptors (Lipinski definition) is 4. The van der Waals surface area contributed by atoms with Gasteiger partial charge in [-0.1, -0.05) is 0 Å². The third-order valence-corrected chi connectivity index (χ3v) is 1.22. The van der Waals surface area contributed by atoms with Crippen LogP contribution in [-0.2, 0) is 9.53 Å². The minimum atomic E-state index is -0.478. The molecule has 0 spiro atoms. The van der Waals surface area contributed by atoms with Crippen LogP contribution < -0.4 is 0 Å². The first-order valence-electron chi connectivity index (χ1n) is 2.97. The lowest BCUT2D eigenvalue weighted by molar-refractivity contribution is -0.143. The van der Waals surface area contributed by atoms with Crippen molar-refractivity contribution in [3.8, 4) is 0 Å². The van der Waals surface area contributed by atoms with E-state index in [4.69, 9.17) is 4.74 Å². The van der Waals surface area contributed by atoms with Gasteiger partial charge >= 0.3 is 5.97 Å². The molecule has 0 aliphatic carbocycles. The number of rotatable bonds is 1. The monoisotopic (exact) mass is 141 g/mol. The normalized spacial score (nSPS) is 25.1. The fourth-order valence-electron chi connectivity index (χ4n) is 0.827. The average Bonchev–Trinajstić information content (AvgIpc) is 1.85. The molecule has 1 unspecified atom stereocenters. The Kier molecular flexibility index (Phi) is 1.80. The molecule has 0 saturated heterocycles. The number of hydrogen-bond donors (Lipinski definition) is 0. The molecular formula is C6H7NO3. The largest absolute Gasteiger partial charge is 0.459 e. The lowest BCUT2D eigenvalue weighted by atomic mass is 10.2. The van der Waals surface area contributed by atoms with Crippen LogP contribution in [-0.4, -0.2) is 12.1 Å². The van der Waals surface area contributed by atoms with Crippen LogP contribution in [0.5, 0.6) is 0 Å². The molecule has 1 aliphatic heterocycles. The molecule has 1 aliphatic rings. The summed E-state index contributed by atoms with van der Waals surface area (Å²) in [5, 5.41) is 2.66. The molecule has 0 fully saturated rings. The molecule has 0 aromatic rings. The van der Waals surface area contributed by atoms with Crippen LogP contribution >= 0.6 is 0 Å². The van der Waals surface area contributed by atoms with Crippen molar-refractivity contribution in [2.75, 3.05) is 0 Å². The highest BCUT2D eigenvalue weighted by atomic mass is 16.5. The molecule has 4 nitrogen and oxygen atoms in total. The molecule has 54 valence electrons. The molecule has 4 heteroatoms. The van der Waals surface area contributed by atoms with Crippen molar-refractivity contribution in [2.24, 2.45) is 5.18 Å². The highest BCUT2D eigenvalue weighted by Crippen LogP contribution is 2.15. The Bertz CT molecular complexity index is 197. The van der Waals surface area contributed by atoms with E-state index in [0.717, 1.165) is 6.08 Å². The van der Waals surface area contributed by atoms with Crippen molar-refractivity contribution in [1.29, 1.82) is 0 Å². The number of esters is 1. The van der Waals surface area contributed by atoms with Crippen LogP contribution in [0.4, 0.5) is 0 Å². The van der Waals surface area contributed by atoms with E-state index < -0.39 is 5.97 Å². The van der Waals surface area contributed by atoms with E-state index in [0.29, 0.717) is 6.42 Å². The SMILES string of the molecule is CC1CC(N=O)=CC(=O)O1. The number of nitroso groups, excluding NO2 is 1. The molecule has 10 heavy (non-hydrogen) atoms. The van der Waals surface area contributed by atoms with Crippen molar-refractivity contribution in [3.05, 3.63) is 16.7 Å². The Balaban J connectivity index is 2.74. The minimum absolute atomic E-state index is 0.217. The van der Waals surface area contributed by atoms with Crippen LogP contribution in [0.15, 0.2) is 16.9 Å². The van der Waals surface area contributed by atoms with Crippen LogP contribution in [0.1, 0.15) is 13.3 Å². The summed E-state index contributed by atoms with van der Waals surface area (Å²) in [5.41, 5.74) is 0.267. The van der Waals surface area contributed by atoms with Crippen LogP contribution in [0.2, 0.25) is 0 Å². The maximum absolute atomic E-state index is 10.5. The van der Waals surface area contributed by atoms with Gasteiger partial charge in [0, 0.05) is 12.5 Å². The summed E-state index contributed by atoms with van der Waals surface area (Å²) < 4.78 is 4.70. The first-order valence-corrected chi connectivity index (χ1v) is 2.97. The smallest absolute Gasteiger partial charge is 0.332 e. The molecule has 0 bridgehead atoms. The maximum atomic E-state index is 10.5. The lowest BCUT2D eigenvalue weighted by Gasteiger charge is -2.14. The molecule has 1 heterocycles. The van der Waals surface area contributed by atoms with E-state index in [9.17, 15) is 9.70 Å². The summed E-state index contributed by atoms with van der Waals surface area (Å²) >= 11 is 0. The van der Waals surface area contributed by atoms with E-state index in [1.807, 2.05) is 0 Å². The van der Waals surface area contributed by atoms with Gasteiger partial charge in [0.2, 0.25) is 0 Å². The Labute approximate surface area is 57.8 Å². The molecule has 0 radical (unpaired) electrons. The molecule has 1 rings (SSSR count). The molecule has 0 N–H and O–H groups in total. The fraction of sp³-hybridized carbons (Fsp3) is 0.500. The highest BCUT2D eigenvalue weighted by molar-refractivity contribution is 5.83. The van der Waals surface area contributed by atoms with Gasteiger partial charge in [-0.05, 0) is 12.1 Å². The van der Waals surface area contributed by atoms with Crippen molar-refractivity contribution < 1.29 is 9.53 Å². The number of ether oxygens (including phenoxy) is 1. The van der Waals surface area contributed by atoms with Crippen LogP contribution in [0.25, 0.3) is 0 Å². The molecule has 0 aromatic carbocycles. The van der Waals surface area contributed by atoms with Gasteiger partial charge in [0.1, 0.15) is 6.10 Å². The zero-order chi connectivity index (χ0) is 7.56. The fourth-order valence-corrected chi connectivity index (χ4v) is 0.827. The molecular weight excluding hydrogens is 134 g/mol. The second kappa shape index (κ2) is 2.60. The first kappa shape index (κ1) is 6.92. The minimum Gasteiger partial charge on any atom is -0.459 e. The van der Waals surface area contributed by atoms with Gasteiger partial charge in [-0.15, -0.1) is 4.91 Å². The van der Waals surface area contributed by atoms with Gasteiger partial charge in [-0.3, -0.25) is 0 Å². The Morgan fingerprint density at radius 2 is 2.50 bits per heavy atom. The second-order valence-corrected chi connectivity index (χ2v) is 2.18. The van der Waals surface area contributed by atoms with E-state index in [1.54, 1.807) is 6.92 Å². The van der Waals surface area contributed by atoms with Gasteiger partial charge < -0.3 is 4.74 Å². The lowest BCUT2D eigenvalue weighted by Crippen LogP contribution is -2.18. The molecule has 0 saturated carbocycles. The van der Waals surface area contributed by atoms with Gasteiger partial charge in [0.15, 0.2) is 0 Å². The number of cyclic esters (lactones) is 1. The summed E-state index contributed by atoms with van der Waals surface area (Å²) in [5.74, 6) is -0.478. The van der Waals surface area contributed by atoms with E-state index in [2.05, 4.69) is 5.18 Å². The number of carbonyl (C=O) groups excluding carboxylic acids is 1. The quantitative estimate of drug-likeness (QED) is 0.404. The van der Waals surface area contributed by atoms with Crippen molar-refractivity contribution in [3.63, 3.8) is 0 Å². The Hall–Kier alpha value is -1.19. The van der Waals surface area contributed by atoms with Gasteiger partial charge in [-0.25, -0.2) is 4.79 Å². The van der Waals surface area contributed by atoms with Crippen molar-refractivity contribution in [2.45, 2.75) is 19.4 Å².